The molecule has 0 saturated heterocycles. The predicted octanol–water partition coefficient (Wildman–Crippen LogP) is 6.42. The summed E-state index contributed by atoms with van der Waals surface area (Å²) < 4.78 is 25.6. The zero-order valence-electron chi connectivity index (χ0n) is 22.1. The second kappa shape index (κ2) is 11.3. The van der Waals surface area contributed by atoms with E-state index >= 15 is 0 Å². The van der Waals surface area contributed by atoms with Gasteiger partial charge in [-0.25, -0.2) is 4.39 Å². The first-order chi connectivity index (χ1) is 20.8. The zero-order chi connectivity index (χ0) is 30.2. The smallest absolute Gasteiger partial charge is 0.296 e. The van der Waals surface area contributed by atoms with Crippen LogP contribution in [-0.2, 0) is 10.5 Å². The number of thioether (sulfide) groups is 1. The molecule has 1 atom stereocenters. The fourth-order valence-electron chi connectivity index (χ4n) is 4.68. The number of rotatable bonds is 9. The number of aromatic nitrogens is 2. The summed E-state index contributed by atoms with van der Waals surface area (Å²) in [6.07, 6.45) is 0. The lowest BCUT2D eigenvalue weighted by Gasteiger charge is -2.23. The fourth-order valence-corrected chi connectivity index (χ4v) is 6.54. The molecule has 14 heteroatoms. The second-order valence-corrected chi connectivity index (χ2v) is 11.4. The van der Waals surface area contributed by atoms with Gasteiger partial charge in [0.15, 0.2) is 27.2 Å². The highest BCUT2D eigenvalue weighted by atomic mass is 32.2. The largest absolute Gasteiger partial charge is 0.503 e. The number of aliphatic hydroxyl groups is 1. The number of halogens is 1. The van der Waals surface area contributed by atoms with Crippen molar-refractivity contribution >= 4 is 56.6 Å². The molecule has 1 N–H and O–H groups in total. The molecule has 3 heterocycles. The van der Waals surface area contributed by atoms with E-state index in [1.807, 2.05) is 0 Å². The summed E-state index contributed by atoms with van der Waals surface area (Å²) in [5, 5.41) is 31.2. The molecule has 1 unspecified atom stereocenters. The number of methoxy groups -OCH3 is 1. The minimum Gasteiger partial charge on any atom is -0.503 e. The van der Waals surface area contributed by atoms with Gasteiger partial charge in [-0.1, -0.05) is 53.4 Å². The highest BCUT2D eigenvalue weighted by Gasteiger charge is 2.47. The first-order valence-electron chi connectivity index (χ1n) is 12.6. The third kappa shape index (κ3) is 5.10. The second-order valence-electron chi connectivity index (χ2n) is 9.24. The lowest BCUT2D eigenvalue weighted by Crippen LogP contribution is -2.31. The van der Waals surface area contributed by atoms with Gasteiger partial charge in [-0.05, 0) is 41.5 Å². The van der Waals surface area contributed by atoms with Crippen molar-refractivity contribution in [3.8, 4) is 5.75 Å². The van der Waals surface area contributed by atoms with Gasteiger partial charge in [-0.15, -0.1) is 10.2 Å². The Bertz CT molecular complexity index is 1940. The highest BCUT2D eigenvalue weighted by molar-refractivity contribution is 8.00. The SMILES string of the molecule is COc1cccc2cc(C(=O)C3=C(O)C(=O)N(c4nnc(SCc5ccccc5F)s4)C3c3ccc([N+](=O)[O-])cc3)oc12. The molecule has 43 heavy (non-hydrogen) atoms. The van der Waals surface area contributed by atoms with Gasteiger partial charge in [-0.3, -0.25) is 24.6 Å². The van der Waals surface area contributed by atoms with E-state index in [0.717, 1.165) is 16.2 Å². The number of ether oxygens (including phenoxy) is 1. The molecule has 1 amide bonds. The summed E-state index contributed by atoms with van der Waals surface area (Å²) in [4.78, 5) is 39.2. The molecule has 1 aliphatic rings. The van der Waals surface area contributed by atoms with Crippen LogP contribution in [0.5, 0.6) is 5.75 Å². The standard InChI is InChI=1S/C29H19FN4O7S2/c1-40-20-8-4-6-16-13-21(41-26(16)20)24(35)22-23(15-9-11-18(12-10-15)34(38)39)33(27(37)25(22)36)28-31-32-29(43-28)42-14-17-5-2-3-7-19(17)30/h2-13,23,36H,14H2,1H3. The van der Waals surface area contributed by atoms with Crippen LogP contribution >= 0.6 is 23.1 Å². The number of benzene rings is 3. The van der Waals surface area contributed by atoms with E-state index < -0.39 is 28.4 Å². The number of para-hydroxylation sites is 1. The van der Waals surface area contributed by atoms with Crippen molar-refractivity contribution in [3.63, 3.8) is 0 Å². The number of hydrogen-bond acceptors (Lipinski definition) is 11. The molecule has 2 aromatic heterocycles. The maximum Gasteiger partial charge on any atom is 0.296 e. The molecule has 5 aromatic rings. The number of non-ortho nitro benzene ring substituents is 1. The van der Waals surface area contributed by atoms with E-state index in [1.54, 1.807) is 36.4 Å². The fraction of sp³-hybridized carbons (Fsp3) is 0.103. The van der Waals surface area contributed by atoms with Crippen LogP contribution in [0.3, 0.4) is 0 Å². The Hall–Kier alpha value is -5.08. The van der Waals surface area contributed by atoms with Crippen LogP contribution in [0.2, 0.25) is 0 Å². The zero-order valence-corrected chi connectivity index (χ0v) is 23.7. The molecule has 0 bridgehead atoms. The summed E-state index contributed by atoms with van der Waals surface area (Å²) in [6.45, 7) is 0. The quantitative estimate of drug-likeness (QED) is 0.0645. The maximum atomic E-state index is 14.1. The molecule has 0 saturated carbocycles. The first-order valence-corrected chi connectivity index (χ1v) is 14.4. The van der Waals surface area contributed by atoms with E-state index in [1.165, 1.54) is 55.3 Å². The van der Waals surface area contributed by atoms with E-state index in [0.29, 0.717) is 32.2 Å². The van der Waals surface area contributed by atoms with Gasteiger partial charge < -0.3 is 14.3 Å². The minimum atomic E-state index is -1.21. The van der Waals surface area contributed by atoms with E-state index in [-0.39, 0.29) is 33.7 Å². The summed E-state index contributed by atoms with van der Waals surface area (Å²) in [7, 11) is 1.45. The Morgan fingerprint density at radius 2 is 1.93 bits per heavy atom. The minimum absolute atomic E-state index is 0.0602. The van der Waals surface area contributed by atoms with Crippen LogP contribution in [0.1, 0.15) is 27.7 Å². The van der Waals surface area contributed by atoms with Crippen molar-refractivity contribution < 1.29 is 33.2 Å². The summed E-state index contributed by atoms with van der Waals surface area (Å²) in [5.74, 6) is -2.38. The monoisotopic (exact) mass is 618 g/mol. The molecule has 3 aromatic carbocycles. The number of amides is 1. The molecular formula is C29H19FN4O7S2. The lowest BCUT2D eigenvalue weighted by molar-refractivity contribution is -0.384. The molecule has 11 nitrogen and oxygen atoms in total. The average Bonchev–Trinajstić information content (AvgIpc) is 3.73. The van der Waals surface area contributed by atoms with Crippen molar-refractivity contribution in [3.05, 3.63) is 117 Å². The number of nitro benzene ring substituents is 1. The van der Waals surface area contributed by atoms with Gasteiger partial charge in [0, 0.05) is 23.3 Å². The predicted molar refractivity (Wildman–Crippen MR) is 156 cm³/mol. The van der Waals surface area contributed by atoms with E-state index in [9.17, 15) is 29.2 Å². The molecule has 216 valence electrons. The number of anilines is 1. The van der Waals surface area contributed by atoms with Crippen LogP contribution in [-0.4, -0.2) is 39.0 Å². The van der Waals surface area contributed by atoms with Crippen molar-refractivity contribution in [2.75, 3.05) is 12.0 Å². The Morgan fingerprint density at radius 1 is 1.16 bits per heavy atom. The maximum absolute atomic E-state index is 14.1. The Kier molecular flexibility index (Phi) is 7.38. The molecular weight excluding hydrogens is 599 g/mol. The summed E-state index contributed by atoms with van der Waals surface area (Å²) in [5.41, 5.74) is 0.568. The van der Waals surface area contributed by atoms with Gasteiger partial charge in [-0.2, -0.15) is 0 Å². The lowest BCUT2D eigenvalue weighted by atomic mass is 9.95. The third-order valence-corrected chi connectivity index (χ3v) is 8.84. The molecule has 0 fully saturated rings. The van der Waals surface area contributed by atoms with Crippen LogP contribution in [0, 0.1) is 15.9 Å². The van der Waals surface area contributed by atoms with Crippen LogP contribution in [0.4, 0.5) is 15.2 Å². The molecule has 0 radical (unpaired) electrons. The summed E-state index contributed by atoms with van der Waals surface area (Å²) >= 11 is 2.22. The van der Waals surface area contributed by atoms with Crippen molar-refractivity contribution in [1.29, 1.82) is 0 Å². The van der Waals surface area contributed by atoms with E-state index in [2.05, 4.69) is 10.2 Å². The number of hydrogen-bond donors (Lipinski definition) is 1. The average molecular weight is 619 g/mol. The Labute approximate surface area is 250 Å². The van der Waals surface area contributed by atoms with Gasteiger partial charge in [0.25, 0.3) is 11.6 Å². The summed E-state index contributed by atoms with van der Waals surface area (Å²) in [6, 6.07) is 16.9. The normalized spacial score (nSPS) is 15.0. The Balaban J connectivity index is 1.39. The van der Waals surface area contributed by atoms with E-state index in [4.69, 9.17) is 9.15 Å². The molecule has 0 aliphatic carbocycles. The molecule has 1 aliphatic heterocycles. The number of nitro groups is 1. The van der Waals surface area contributed by atoms with Crippen molar-refractivity contribution in [2.24, 2.45) is 0 Å². The van der Waals surface area contributed by atoms with Crippen LogP contribution < -0.4 is 9.64 Å². The number of furan rings is 1. The van der Waals surface area contributed by atoms with Gasteiger partial charge in [0.2, 0.25) is 10.9 Å². The number of fused-ring (bicyclic) bond motifs is 1. The van der Waals surface area contributed by atoms with Crippen LogP contribution in [0.25, 0.3) is 11.0 Å². The topological polar surface area (TPSA) is 149 Å². The first kappa shape index (κ1) is 28.1. The van der Waals surface area contributed by atoms with Crippen molar-refractivity contribution in [1.82, 2.24) is 10.2 Å². The van der Waals surface area contributed by atoms with Gasteiger partial charge in [0.05, 0.1) is 23.6 Å². The number of ketones is 1. The highest BCUT2D eigenvalue weighted by Crippen LogP contribution is 2.45. The van der Waals surface area contributed by atoms with Gasteiger partial charge in [0.1, 0.15) is 5.82 Å². The Morgan fingerprint density at radius 3 is 2.65 bits per heavy atom. The van der Waals surface area contributed by atoms with Gasteiger partial charge >= 0.3 is 0 Å². The number of carbonyl (C=O) groups is 2. The number of carbonyl (C=O) groups excluding carboxylic acids is 2. The van der Waals surface area contributed by atoms with Crippen LogP contribution in [0.15, 0.2) is 92.9 Å². The number of nitrogens with zero attached hydrogens (tertiary/aromatic N) is 4. The molecule has 0 spiro atoms. The molecule has 6 rings (SSSR count). The van der Waals surface area contributed by atoms with Crippen molar-refractivity contribution in [2.45, 2.75) is 16.1 Å². The number of Topliss-reactive ketones (excluding diaryl/α,β-unsaturated/α-hetero) is 1. The third-order valence-electron chi connectivity index (χ3n) is 6.73. The number of aliphatic hydroxyl groups excluding tert-OH is 1.